The molecule has 0 fully saturated rings. The van der Waals surface area contributed by atoms with Crippen LogP contribution in [-0.2, 0) is 22.7 Å². The minimum Gasteiger partial charge on any atom is -0.480 e. The molecular weight excluding hydrogens is 780 g/mol. The molecule has 12 nitrogen and oxygen atoms in total. The van der Waals surface area contributed by atoms with E-state index in [2.05, 4.69) is 23.3 Å². The Labute approximate surface area is 319 Å². The van der Waals surface area contributed by atoms with Crippen molar-refractivity contribution < 1.29 is 59.3 Å². The summed E-state index contributed by atoms with van der Waals surface area (Å²) in [4.78, 5) is 47.9. The van der Waals surface area contributed by atoms with Crippen molar-refractivity contribution in [3.63, 3.8) is 0 Å². The first kappa shape index (κ1) is 44.2. The summed E-state index contributed by atoms with van der Waals surface area (Å²) in [5.41, 5.74) is 3.62. The van der Waals surface area contributed by atoms with E-state index in [-0.39, 0.29) is 47.5 Å². The SMILES string of the molecule is CCC.CN(C)C(=O)Cn1c(=O)oc2ccc(-c3ccc(OC(F)(F)F)cc3)cc21.Cl.O=C(O)Cn1c(=O)oc2ccc(-c3ccc(OC(F)(F)F)cc3)cc21. The lowest BCUT2D eigenvalue weighted by Crippen LogP contribution is -2.29. The van der Waals surface area contributed by atoms with Gasteiger partial charge in [0.05, 0.1) is 11.0 Å². The number of alkyl halides is 6. The van der Waals surface area contributed by atoms with Crippen molar-refractivity contribution in [3.8, 4) is 33.8 Å². The molecule has 0 radical (unpaired) electrons. The van der Waals surface area contributed by atoms with E-state index in [0.29, 0.717) is 33.4 Å². The van der Waals surface area contributed by atoms with E-state index < -0.39 is 36.8 Å². The van der Waals surface area contributed by atoms with Crippen molar-refractivity contribution in [1.29, 1.82) is 0 Å². The summed E-state index contributed by atoms with van der Waals surface area (Å²) in [6.07, 6.45) is -8.28. The van der Waals surface area contributed by atoms with E-state index in [1.165, 1.54) is 64.4 Å². The highest BCUT2D eigenvalue weighted by molar-refractivity contribution is 5.85. The lowest BCUT2D eigenvalue weighted by molar-refractivity contribution is -0.275. The Morgan fingerprint density at radius 2 is 0.982 bits per heavy atom. The first-order valence-corrected chi connectivity index (χ1v) is 16.2. The van der Waals surface area contributed by atoms with E-state index in [0.717, 1.165) is 16.7 Å². The number of carbonyl (C=O) groups is 2. The molecule has 0 atom stereocenters. The van der Waals surface area contributed by atoms with Crippen molar-refractivity contribution in [2.45, 2.75) is 46.1 Å². The van der Waals surface area contributed by atoms with Gasteiger partial charge in [-0.25, -0.2) is 9.59 Å². The Morgan fingerprint density at radius 1 is 0.643 bits per heavy atom. The molecule has 0 saturated heterocycles. The molecule has 0 bridgehead atoms. The topological polar surface area (TPSA) is 146 Å². The number of carbonyl (C=O) groups excluding carboxylic acids is 1. The van der Waals surface area contributed by atoms with E-state index in [4.69, 9.17) is 13.9 Å². The summed E-state index contributed by atoms with van der Waals surface area (Å²) in [6.45, 7) is 3.51. The number of nitrogens with zero attached hydrogens (tertiary/aromatic N) is 3. The standard InChI is InChI=1S/C18H15F3N2O4.C16H10F3NO5.C3H8.ClH/c1-22(2)16(24)10-23-14-9-12(5-8-15(14)26-17(23)25)11-3-6-13(7-4-11)27-18(19,20)21;17-16(18,19)25-11-4-1-9(2-5-11)10-3-6-13-12(7-10)20(8-14(21)22)15(23)24-13;1-3-2;/h3-9H,10H2,1-2H3;1-7H,8H2,(H,21,22);3H2,1-2H3;1H. The number of likely N-dealkylation sites (N-methyl/N-ethyl adjacent to an activating group) is 1. The second kappa shape index (κ2) is 18.4. The predicted molar refractivity (Wildman–Crippen MR) is 195 cm³/mol. The van der Waals surface area contributed by atoms with Crippen LogP contribution in [0.25, 0.3) is 44.5 Å². The summed E-state index contributed by atoms with van der Waals surface area (Å²) in [6, 6.07) is 20.0. The van der Waals surface area contributed by atoms with Gasteiger partial charge in [0.2, 0.25) is 5.91 Å². The van der Waals surface area contributed by atoms with Crippen LogP contribution in [0.4, 0.5) is 26.3 Å². The van der Waals surface area contributed by atoms with Crippen molar-refractivity contribution in [2.24, 2.45) is 0 Å². The van der Waals surface area contributed by atoms with Crippen molar-refractivity contribution in [1.82, 2.24) is 14.0 Å². The molecule has 300 valence electrons. The number of carboxylic acid groups (broad SMARTS) is 1. The van der Waals surface area contributed by atoms with Gasteiger partial charge in [-0.05, 0) is 70.8 Å². The Balaban J connectivity index is 0.000000277. The van der Waals surface area contributed by atoms with Gasteiger partial charge in [-0.15, -0.1) is 38.7 Å². The number of ether oxygens (including phenoxy) is 2. The number of hydrogen-bond donors (Lipinski definition) is 1. The molecule has 4 aromatic carbocycles. The van der Waals surface area contributed by atoms with Gasteiger partial charge in [0.25, 0.3) is 0 Å². The smallest absolute Gasteiger partial charge is 0.480 e. The second-order valence-electron chi connectivity index (χ2n) is 11.8. The van der Waals surface area contributed by atoms with E-state index in [1.807, 2.05) is 0 Å². The fourth-order valence-corrected chi connectivity index (χ4v) is 4.89. The molecular formula is C37H34ClF6N3O9. The van der Waals surface area contributed by atoms with Crippen LogP contribution in [0.1, 0.15) is 20.3 Å². The van der Waals surface area contributed by atoms with Crippen molar-refractivity contribution in [3.05, 3.63) is 106 Å². The summed E-state index contributed by atoms with van der Waals surface area (Å²) < 4.78 is 93.2. The highest BCUT2D eigenvalue weighted by Crippen LogP contribution is 2.30. The molecule has 6 rings (SSSR count). The van der Waals surface area contributed by atoms with Crippen LogP contribution < -0.4 is 21.0 Å². The highest BCUT2D eigenvalue weighted by atomic mass is 35.5. The van der Waals surface area contributed by atoms with Gasteiger partial charge in [-0.1, -0.05) is 56.7 Å². The fraction of sp³-hybridized carbons (Fsp3) is 0.243. The normalized spacial score (nSPS) is 11.1. The van der Waals surface area contributed by atoms with Crippen LogP contribution >= 0.6 is 12.4 Å². The van der Waals surface area contributed by atoms with E-state index >= 15 is 0 Å². The maximum Gasteiger partial charge on any atom is 0.573 e. The maximum atomic E-state index is 12.3. The molecule has 0 unspecified atom stereocenters. The number of benzene rings is 4. The van der Waals surface area contributed by atoms with Crippen LogP contribution in [0, 0.1) is 0 Å². The highest BCUT2D eigenvalue weighted by Gasteiger charge is 2.31. The van der Waals surface area contributed by atoms with Gasteiger partial charge < -0.3 is 28.3 Å². The summed E-state index contributed by atoms with van der Waals surface area (Å²) in [5.74, 6) is -3.63. The van der Waals surface area contributed by atoms with E-state index in [1.54, 1.807) is 38.4 Å². The van der Waals surface area contributed by atoms with Crippen molar-refractivity contribution >= 4 is 46.5 Å². The average Bonchev–Trinajstić information content (AvgIpc) is 3.57. The first-order chi connectivity index (χ1) is 25.8. The summed E-state index contributed by atoms with van der Waals surface area (Å²) in [5, 5.41) is 8.87. The Bertz CT molecular complexity index is 2380. The zero-order chi connectivity index (χ0) is 40.7. The molecule has 0 saturated carbocycles. The lowest BCUT2D eigenvalue weighted by Gasteiger charge is -2.11. The van der Waals surface area contributed by atoms with Crippen LogP contribution in [-0.4, -0.2) is 57.8 Å². The molecule has 56 heavy (non-hydrogen) atoms. The molecule has 6 aromatic rings. The van der Waals surface area contributed by atoms with Gasteiger partial charge in [0.1, 0.15) is 24.6 Å². The number of aromatic nitrogens is 2. The molecule has 0 aliphatic rings. The number of fused-ring (bicyclic) bond motifs is 2. The van der Waals surface area contributed by atoms with Crippen LogP contribution in [0.2, 0.25) is 0 Å². The molecule has 1 N–H and O–H groups in total. The Hall–Kier alpha value is -6.17. The zero-order valence-corrected chi connectivity index (χ0v) is 30.8. The largest absolute Gasteiger partial charge is 0.573 e. The Kier molecular flexibility index (Phi) is 14.6. The first-order valence-electron chi connectivity index (χ1n) is 16.2. The third kappa shape index (κ3) is 11.9. The molecule has 2 heterocycles. The van der Waals surface area contributed by atoms with Gasteiger partial charge in [0, 0.05) is 14.1 Å². The zero-order valence-electron chi connectivity index (χ0n) is 29.9. The molecule has 19 heteroatoms. The summed E-state index contributed by atoms with van der Waals surface area (Å²) in [7, 11) is 3.15. The number of halogens is 7. The minimum absolute atomic E-state index is 0. The fourth-order valence-electron chi connectivity index (χ4n) is 4.89. The quantitative estimate of drug-likeness (QED) is 0.150. The third-order valence-corrected chi connectivity index (χ3v) is 7.26. The van der Waals surface area contributed by atoms with Gasteiger partial charge in [-0.3, -0.25) is 18.7 Å². The lowest BCUT2D eigenvalue weighted by atomic mass is 10.1. The maximum absolute atomic E-state index is 12.3. The number of oxazole rings is 2. The molecule has 2 aromatic heterocycles. The molecule has 0 aliphatic heterocycles. The van der Waals surface area contributed by atoms with Crippen LogP contribution in [0.3, 0.4) is 0 Å². The minimum atomic E-state index is -4.77. The average molecular weight is 814 g/mol. The Morgan fingerprint density at radius 3 is 1.30 bits per heavy atom. The van der Waals surface area contributed by atoms with Gasteiger partial charge in [-0.2, -0.15) is 0 Å². The molecule has 1 amide bonds. The number of amides is 1. The van der Waals surface area contributed by atoms with Crippen LogP contribution in [0.15, 0.2) is 103 Å². The number of carboxylic acids is 1. The third-order valence-electron chi connectivity index (χ3n) is 7.26. The second-order valence-corrected chi connectivity index (χ2v) is 11.8. The number of hydrogen-bond acceptors (Lipinski definition) is 8. The number of aliphatic carboxylic acids is 1. The predicted octanol–water partition coefficient (Wildman–Crippen LogP) is 8.33. The summed E-state index contributed by atoms with van der Waals surface area (Å²) >= 11 is 0. The van der Waals surface area contributed by atoms with E-state index in [9.17, 15) is 45.5 Å². The van der Waals surface area contributed by atoms with Gasteiger partial charge >= 0.3 is 30.2 Å². The monoisotopic (exact) mass is 813 g/mol. The van der Waals surface area contributed by atoms with Crippen molar-refractivity contribution in [2.75, 3.05) is 14.1 Å². The molecule has 0 spiro atoms. The molecule has 0 aliphatic carbocycles. The van der Waals surface area contributed by atoms with Gasteiger partial charge in [0.15, 0.2) is 11.2 Å². The van der Waals surface area contributed by atoms with Crippen LogP contribution in [0.5, 0.6) is 11.5 Å². The number of rotatable bonds is 8.